The highest BCUT2D eigenvalue weighted by Crippen LogP contribution is 2.32. The molecule has 1 heterocycles. The van der Waals surface area contributed by atoms with Gasteiger partial charge in [-0.25, -0.2) is 4.79 Å². The lowest BCUT2D eigenvalue weighted by atomic mass is 9.86. The van der Waals surface area contributed by atoms with Crippen molar-refractivity contribution in [1.82, 2.24) is 4.57 Å². The summed E-state index contributed by atoms with van der Waals surface area (Å²) >= 11 is 0. The van der Waals surface area contributed by atoms with Crippen molar-refractivity contribution < 1.29 is 29.1 Å². The molecule has 1 aromatic carbocycles. The van der Waals surface area contributed by atoms with Gasteiger partial charge in [-0.05, 0) is 32.9 Å². The van der Waals surface area contributed by atoms with Crippen LogP contribution in [-0.4, -0.2) is 47.6 Å². The molecule has 0 aliphatic carbocycles. The number of ether oxygens (including phenoxy) is 3. The van der Waals surface area contributed by atoms with Gasteiger partial charge in [-0.3, -0.25) is 4.57 Å². The predicted octanol–water partition coefficient (Wildman–Crippen LogP) is 1.12. The second-order valence-electron chi connectivity index (χ2n) is 6.02. The maximum absolute atomic E-state index is 12.5. The van der Waals surface area contributed by atoms with Gasteiger partial charge in [0.2, 0.25) is 0 Å². The largest absolute Gasteiger partial charge is 0.506 e. The molecule has 7 nitrogen and oxygen atoms in total. The first-order valence-corrected chi connectivity index (χ1v) is 7.05. The highest BCUT2D eigenvalue weighted by molar-refractivity contribution is 6.59. The maximum atomic E-state index is 12.5. The van der Waals surface area contributed by atoms with Crippen molar-refractivity contribution in [2.24, 2.45) is 0 Å². The number of nitrogens with zero attached hydrogens (tertiary/aromatic N) is 1. The number of benzene rings is 1. The van der Waals surface area contributed by atoms with Gasteiger partial charge in [0.05, 0.1) is 25.3 Å². The monoisotopic (exact) mass is 321 g/mol. The minimum absolute atomic E-state index is 0.00422. The lowest BCUT2D eigenvalue weighted by Gasteiger charge is -2.21. The second kappa shape index (κ2) is 6.13. The SMILES string of the molecule is COc1cc2cc(B(O)O)n(C(=O)OC(C)(C)C)c2cc1OC. The van der Waals surface area contributed by atoms with Crippen LogP contribution in [-0.2, 0) is 4.74 Å². The number of carbonyl (C=O) groups excluding carboxylic acids is 1. The Hall–Kier alpha value is -2.19. The van der Waals surface area contributed by atoms with Gasteiger partial charge in [0.15, 0.2) is 11.5 Å². The van der Waals surface area contributed by atoms with E-state index in [0.29, 0.717) is 22.4 Å². The van der Waals surface area contributed by atoms with Gasteiger partial charge < -0.3 is 24.3 Å². The Morgan fingerprint density at radius 3 is 2.13 bits per heavy atom. The first kappa shape index (κ1) is 17.2. The Balaban J connectivity index is 2.69. The van der Waals surface area contributed by atoms with Gasteiger partial charge in [-0.15, -0.1) is 0 Å². The van der Waals surface area contributed by atoms with Crippen molar-refractivity contribution in [1.29, 1.82) is 0 Å². The molecule has 0 aliphatic rings. The Morgan fingerprint density at radius 2 is 1.65 bits per heavy atom. The van der Waals surface area contributed by atoms with E-state index in [9.17, 15) is 14.8 Å². The number of rotatable bonds is 3. The summed E-state index contributed by atoms with van der Waals surface area (Å²) in [5, 5.41) is 19.7. The second-order valence-corrected chi connectivity index (χ2v) is 6.02. The fourth-order valence-electron chi connectivity index (χ4n) is 2.26. The summed E-state index contributed by atoms with van der Waals surface area (Å²) in [4.78, 5) is 12.5. The standard InChI is InChI=1S/C15H20BNO6/c1-15(2,3)23-14(18)17-10-8-12(22-5)11(21-4)6-9(10)7-13(17)16(19)20/h6-8,19-20H,1-5H3. The normalized spacial score (nSPS) is 11.4. The van der Waals surface area contributed by atoms with Crippen LogP contribution in [0.15, 0.2) is 18.2 Å². The first-order valence-electron chi connectivity index (χ1n) is 7.05. The third-order valence-electron chi connectivity index (χ3n) is 3.18. The molecule has 2 rings (SSSR count). The van der Waals surface area contributed by atoms with Crippen molar-refractivity contribution in [3.8, 4) is 11.5 Å². The Bertz CT molecular complexity index is 732. The van der Waals surface area contributed by atoms with Gasteiger partial charge in [-0.1, -0.05) is 0 Å². The van der Waals surface area contributed by atoms with Crippen LogP contribution < -0.4 is 15.1 Å². The smallest absolute Gasteiger partial charge is 0.493 e. The minimum atomic E-state index is -1.83. The summed E-state index contributed by atoms with van der Waals surface area (Å²) in [5.74, 6) is 0.891. The van der Waals surface area contributed by atoms with E-state index in [-0.39, 0.29) is 5.59 Å². The number of fused-ring (bicyclic) bond motifs is 1. The quantitative estimate of drug-likeness (QED) is 0.824. The zero-order valence-electron chi connectivity index (χ0n) is 13.8. The average molecular weight is 321 g/mol. The van der Waals surface area contributed by atoms with Gasteiger partial charge in [0, 0.05) is 11.5 Å². The molecule has 0 unspecified atom stereocenters. The van der Waals surface area contributed by atoms with Gasteiger partial charge in [-0.2, -0.15) is 0 Å². The number of carbonyl (C=O) groups is 1. The molecule has 0 saturated carbocycles. The van der Waals surface area contributed by atoms with E-state index in [1.807, 2.05) is 0 Å². The van der Waals surface area contributed by atoms with E-state index in [2.05, 4.69) is 0 Å². The van der Waals surface area contributed by atoms with E-state index in [1.54, 1.807) is 32.9 Å². The Kier molecular flexibility index (Phi) is 4.58. The summed E-state index contributed by atoms with van der Waals surface area (Å²) in [5.41, 5.74) is -0.286. The van der Waals surface area contributed by atoms with E-state index in [1.165, 1.54) is 20.3 Å². The van der Waals surface area contributed by atoms with Crippen LogP contribution >= 0.6 is 0 Å². The molecule has 1 aromatic heterocycles. The van der Waals surface area contributed by atoms with Crippen molar-refractivity contribution in [2.75, 3.05) is 14.2 Å². The van der Waals surface area contributed by atoms with Crippen LogP contribution in [0.4, 0.5) is 4.79 Å². The van der Waals surface area contributed by atoms with E-state index >= 15 is 0 Å². The summed E-state index contributed by atoms with van der Waals surface area (Å²) in [6.45, 7) is 5.19. The predicted molar refractivity (Wildman–Crippen MR) is 86.5 cm³/mol. The zero-order chi connectivity index (χ0) is 17.4. The molecule has 2 aromatic rings. The molecule has 0 aliphatic heterocycles. The lowest BCUT2D eigenvalue weighted by Crippen LogP contribution is -2.41. The van der Waals surface area contributed by atoms with Crippen LogP contribution in [0.25, 0.3) is 10.9 Å². The van der Waals surface area contributed by atoms with Gasteiger partial charge >= 0.3 is 13.2 Å². The number of hydrogen-bond donors (Lipinski definition) is 2. The molecule has 0 spiro atoms. The molecule has 8 heteroatoms. The molecule has 2 N–H and O–H groups in total. The molecular weight excluding hydrogens is 301 g/mol. The van der Waals surface area contributed by atoms with Crippen molar-refractivity contribution in [3.63, 3.8) is 0 Å². The van der Waals surface area contributed by atoms with Gasteiger partial charge in [0.25, 0.3) is 0 Å². The topological polar surface area (TPSA) is 90.2 Å². The van der Waals surface area contributed by atoms with Crippen LogP contribution in [0, 0.1) is 0 Å². The summed E-state index contributed by atoms with van der Waals surface area (Å²) < 4.78 is 16.9. The fraction of sp³-hybridized carbons (Fsp3) is 0.400. The number of aromatic nitrogens is 1. The van der Waals surface area contributed by atoms with Crippen LogP contribution in [0.3, 0.4) is 0 Å². The molecule has 0 atom stereocenters. The molecule has 0 amide bonds. The van der Waals surface area contributed by atoms with Crippen molar-refractivity contribution in [3.05, 3.63) is 18.2 Å². The van der Waals surface area contributed by atoms with Crippen LogP contribution in [0.2, 0.25) is 0 Å². The van der Waals surface area contributed by atoms with E-state index in [4.69, 9.17) is 14.2 Å². The Morgan fingerprint density at radius 1 is 1.09 bits per heavy atom. The number of methoxy groups -OCH3 is 2. The Labute approximate surface area is 134 Å². The highest BCUT2D eigenvalue weighted by Gasteiger charge is 2.27. The van der Waals surface area contributed by atoms with Crippen molar-refractivity contribution >= 4 is 29.7 Å². The minimum Gasteiger partial charge on any atom is -0.493 e. The molecule has 0 saturated heterocycles. The average Bonchev–Trinajstić information content (AvgIpc) is 2.82. The molecule has 124 valence electrons. The van der Waals surface area contributed by atoms with Crippen LogP contribution in [0.1, 0.15) is 20.8 Å². The zero-order valence-corrected chi connectivity index (χ0v) is 13.8. The third kappa shape index (κ3) is 3.43. The molecule has 23 heavy (non-hydrogen) atoms. The number of hydrogen-bond acceptors (Lipinski definition) is 6. The summed E-state index contributed by atoms with van der Waals surface area (Å²) in [6.07, 6.45) is -0.706. The fourth-order valence-corrected chi connectivity index (χ4v) is 2.26. The van der Waals surface area contributed by atoms with E-state index < -0.39 is 18.8 Å². The van der Waals surface area contributed by atoms with E-state index in [0.717, 1.165) is 4.57 Å². The molecule has 0 radical (unpaired) electrons. The molecule has 0 bridgehead atoms. The lowest BCUT2D eigenvalue weighted by molar-refractivity contribution is 0.0547. The highest BCUT2D eigenvalue weighted by atomic mass is 16.6. The van der Waals surface area contributed by atoms with Crippen LogP contribution in [0.5, 0.6) is 11.5 Å². The summed E-state index contributed by atoms with van der Waals surface area (Å²) in [6, 6.07) is 4.73. The third-order valence-corrected chi connectivity index (χ3v) is 3.18. The molecule has 0 fully saturated rings. The maximum Gasteiger partial charge on any atom is 0.506 e. The summed E-state index contributed by atoms with van der Waals surface area (Å²) in [7, 11) is 1.15. The van der Waals surface area contributed by atoms with Gasteiger partial charge in [0.1, 0.15) is 5.60 Å². The van der Waals surface area contributed by atoms with Crippen molar-refractivity contribution in [2.45, 2.75) is 26.4 Å². The molecular formula is C15H20BNO6. The first-order chi connectivity index (χ1) is 10.7.